The zero-order valence-electron chi connectivity index (χ0n) is 10.6. The highest BCUT2D eigenvalue weighted by molar-refractivity contribution is 5.14. The zero-order valence-corrected chi connectivity index (χ0v) is 10.6. The quantitative estimate of drug-likeness (QED) is 0.800. The molecule has 1 heterocycles. The number of likely N-dealkylation sites (N-methyl/N-ethyl adjacent to an activating group) is 1. The van der Waals surface area contributed by atoms with Crippen LogP contribution in [0.15, 0.2) is 24.5 Å². The molecule has 0 amide bonds. The fourth-order valence-electron chi connectivity index (χ4n) is 2.04. The first-order valence-corrected chi connectivity index (χ1v) is 6.02. The van der Waals surface area contributed by atoms with Gasteiger partial charge in [-0.1, -0.05) is 19.4 Å². The number of hydrogen-bond acceptors (Lipinski definition) is 3. The highest BCUT2D eigenvalue weighted by Crippen LogP contribution is 2.20. The van der Waals surface area contributed by atoms with Crippen LogP contribution in [0.4, 0.5) is 0 Å². The standard InChI is InChI=1S/C13H23N3/c1-4-6-11(2)16(3)13(9-14)12-7-5-8-15-10-12/h5,7-8,10-11,13H,4,6,9,14H2,1-3H3. The van der Waals surface area contributed by atoms with Crippen molar-refractivity contribution in [2.24, 2.45) is 5.73 Å². The highest BCUT2D eigenvalue weighted by Gasteiger charge is 2.19. The van der Waals surface area contributed by atoms with Gasteiger partial charge in [-0.3, -0.25) is 9.88 Å². The van der Waals surface area contributed by atoms with E-state index < -0.39 is 0 Å². The molecule has 3 heteroatoms. The monoisotopic (exact) mass is 221 g/mol. The lowest BCUT2D eigenvalue weighted by Crippen LogP contribution is -2.37. The minimum absolute atomic E-state index is 0.273. The first kappa shape index (κ1) is 13.1. The summed E-state index contributed by atoms with van der Waals surface area (Å²) in [5.74, 6) is 0. The van der Waals surface area contributed by atoms with Crippen LogP contribution in [0.1, 0.15) is 38.3 Å². The molecule has 0 saturated heterocycles. The summed E-state index contributed by atoms with van der Waals surface area (Å²) in [6, 6.07) is 4.89. The second-order valence-electron chi connectivity index (χ2n) is 4.34. The van der Waals surface area contributed by atoms with Gasteiger partial charge in [0, 0.05) is 31.0 Å². The van der Waals surface area contributed by atoms with E-state index in [9.17, 15) is 0 Å². The Kier molecular flexibility index (Phi) is 5.43. The van der Waals surface area contributed by atoms with Gasteiger partial charge in [-0.05, 0) is 32.0 Å². The fraction of sp³-hybridized carbons (Fsp3) is 0.615. The third-order valence-corrected chi connectivity index (χ3v) is 3.19. The smallest absolute Gasteiger partial charge is 0.0485 e. The molecule has 0 saturated carbocycles. The van der Waals surface area contributed by atoms with Crippen LogP contribution in [0.25, 0.3) is 0 Å². The van der Waals surface area contributed by atoms with Crippen molar-refractivity contribution in [2.75, 3.05) is 13.6 Å². The first-order valence-electron chi connectivity index (χ1n) is 6.02. The van der Waals surface area contributed by atoms with Crippen molar-refractivity contribution >= 4 is 0 Å². The molecule has 16 heavy (non-hydrogen) atoms. The van der Waals surface area contributed by atoms with E-state index in [1.54, 1.807) is 6.20 Å². The van der Waals surface area contributed by atoms with Gasteiger partial charge in [-0.2, -0.15) is 0 Å². The van der Waals surface area contributed by atoms with Crippen molar-refractivity contribution in [3.8, 4) is 0 Å². The van der Waals surface area contributed by atoms with Crippen LogP contribution < -0.4 is 5.73 Å². The zero-order chi connectivity index (χ0) is 12.0. The number of aromatic nitrogens is 1. The molecular weight excluding hydrogens is 198 g/mol. The van der Waals surface area contributed by atoms with E-state index in [1.807, 2.05) is 12.3 Å². The number of nitrogens with zero attached hydrogens (tertiary/aromatic N) is 2. The predicted octanol–water partition coefficient (Wildman–Crippen LogP) is 2.20. The lowest BCUT2D eigenvalue weighted by Gasteiger charge is -2.32. The van der Waals surface area contributed by atoms with E-state index in [-0.39, 0.29) is 6.04 Å². The van der Waals surface area contributed by atoms with E-state index in [4.69, 9.17) is 5.73 Å². The van der Waals surface area contributed by atoms with E-state index in [0.717, 1.165) is 0 Å². The average Bonchev–Trinajstić information content (AvgIpc) is 2.31. The molecule has 0 aliphatic heterocycles. The van der Waals surface area contributed by atoms with Crippen molar-refractivity contribution in [1.82, 2.24) is 9.88 Å². The number of hydrogen-bond donors (Lipinski definition) is 1. The molecule has 0 aromatic carbocycles. The van der Waals surface area contributed by atoms with Gasteiger partial charge in [0.1, 0.15) is 0 Å². The van der Waals surface area contributed by atoms with Crippen molar-refractivity contribution in [3.05, 3.63) is 30.1 Å². The Bertz CT molecular complexity index is 286. The normalized spacial score (nSPS) is 15.1. The molecule has 0 aliphatic rings. The van der Waals surface area contributed by atoms with Crippen LogP contribution >= 0.6 is 0 Å². The van der Waals surface area contributed by atoms with E-state index in [2.05, 4.69) is 36.8 Å². The SMILES string of the molecule is CCCC(C)N(C)C(CN)c1cccnc1. The third kappa shape index (κ3) is 3.29. The lowest BCUT2D eigenvalue weighted by atomic mass is 10.0. The van der Waals surface area contributed by atoms with Crippen LogP contribution in [0.3, 0.4) is 0 Å². The molecule has 1 aromatic rings. The van der Waals surface area contributed by atoms with Crippen LogP contribution in [0.5, 0.6) is 0 Å². The number of pyridine rings is 1. The second-order valence-corrected chi connectivity index (χ2v) is 4.34. The van der Waals surface area contributed by atoms with Gasteiger partial charge in [0.2, 0.25) is 0 Å². The van der Waals surface area contributed by atoms with Crippen LogP contribution in [-0.4, -0.2) is 29.5 Å². The van der Waals surface area contributed by atoms with Crippen molar-refractivity contribution in [2.45, 2.75) is 38.8 Å². The molecule has 1 rings (SSSR count). The van der Waals surface area contributed by atoms with Crippen molar-refractivity contribution in [1.29, 1.82) is 0 Å². The van der Waals surface area contributed by atoms with E-state index in [0.29, 0.717) is 12.6 Å². The summed E-state index contributed by atoms with van der Waals surface area (Å²) in [7, 11) is 2.14. The maximum absolute atomic E-state index is 5.87. The van der Waals surface area contributed by atoms with Crippen LogP contribution in [0.2, 0.25) is 0 Å². The lowest BCUT2D eigenvalue weighted by molar-refractivity contribution is 0.179. The molecule has 0 bridgehead atoms. The molecule has 0 aliphatic carbocycles. The topological polar surface area (TPSA) is 42.1 Å². The summed E-state index contributed by atoms with van der Waals surface area (Å²) >= 11 is 0. The van der Waals surface area contributed by atoms with Crippen LogP contribution in [-0.2, 0) is 0 Å². The minimum atomic E-state index is 0.273. The maximum Gasteiger partial charge on any atom is 0.0485 e. The molecule has 90 valence electrons. The fourth-order valence-corrected chi connectivity index (χ4v) is 2.04. The average molecular weight is 221 g/mol. The molecule has 2 atom stereocenters. The molecule has 2 unspecified atom stereocenters. The van der Waals surface area contributed by atoms with Gasteiger partial charge >= 0.3 is 0 Å². The maximum atomic E-state index is 5.87. The highest BCUT2D eigenvalue weighted by atomic mass is 15.2. The predicted molar refractivity (Wildman–Crippen MR) is 68.2 cm³/mol. The summed E-state index contributed by atoms with van der Waals surface area (Å²) in [4.78, 5) is 6.51. The van der Waals surface area contributed by atoms with E-state index >= 15 is 0 Å². The Balaban J connectivity index is 2.74. The largest absolute Gasteiger partial charge is 0.329 e. The minimum Gasteiger partial charge on any atom is -0.329 e. The summed E-state index contributed by atoms with van der Waals surface area (Å²) in [5.41, 5.74) is 7.07. The van der Waals surface area contributed by atoms with Crippen molar-refractivity contribution < 1.29 is 0 Å². The third-order valence-electron chi connectivity index (χ3n) is 3.19. The van der Waals surface area contributed by atoms with Gasteiger partial charge in [0.05, 0.1) is 0 Å². The first-order chi connectivity index (χ1) is 7.70. The van der Waals surface area contributed by atoms with Gasteiger partial charge in [0.25, 0.3) is 0 Å². The Morgan fingerprint density at radius 1 is 1.50 bits per heavy atom. The Morgan fingerprint density at radius 2 is 2.25 bits per heavy atom. The summed E-state index contributed by atoms with van der Waals surface area (Å²) in [5, 5.41) is 0. The van der Waals surface area contributed by atoms with Crippen molar-refractivity contribution in [3.63, 3.8) is 0 Å². The molecule has 0 radical (unpaired) electrons. The molecule has 1 aromatic heterocycles. The molecule has 0 spiro atoms. The summed E-state index contributed by atoms with van der Waals surface area (Å²) < 4.78 is 0. The van der Waals surface area contributed by atoms with Gasteiger partial charge in [-0.25, -0.2) is 0 Å². The van der Waals surface area contributed by atoms with Gasteiger partial charge in [0.15, 0.2) is 0 Å². The summed E-state index contributed by atoms with van der Waals surface area (Å²) in [6.45, 7) is 5.10. The van der Waals surface area contributed by atoms with Gasteiger partial charge in [-0.15, -0.1) is 0 Å². The second kappa shape index (κ2) is 6.61. The van der Waals surface area contributed by atoms with Gasteiger partial charge < -0.3 is 5.73 Å². The summed E-state index contributed by atoms with van der Waals surface area (Å²) in [6.07, 6.45) is 6.11. The number of nitrogens with two attached hydrogens (primary N) is 1. The Morgan fingerprint density at radius 3 is 2.75 bits per heavy atom. The molecule has 0 fully saturated rings. The number of rotatable bonds is 6. The molecule has 2 N–H and O–H groups in total. The Labute approximate surface area is 98.7 Å². The van der Waals surface area contributed by atoms with E-state index in [1.165, 1.54) is 18.4 Å². The van der Waals surface area contributed by atoms with Crippen LogP contribution in [0, 0.1) is 0 Å². The molecular formula is C13H23N3. The Hall–Kier alpha value is -0.930. The molecule has 3 nitrogen and oxygen atoms in total.